The third-order valence-electron chi connectivity index (χ3n) is 4.17. The zero-order chi connectivity index (χ0) is 16.9. The first-order valence-corrected chi connectivity index (χ1v) is 9.22. The molecule has 1 aliphatic rings. The van der Waals surface area contributed by atoms with Gasteiger partial charge in [0.2, 0.25) is 9.84 Å². The topological polar surface area (TPSA) is 67.3 Å². The Morgan fingerprint density at radius 1 is 1.00 bits per heavy atom. The molecule has 0 atom stereocenters. The van der Waals surface area contributed by atoms with Crippen LogP contribution in [0, 0.1) is 0 Å². The largest absolute Gasteiger partial charge is 0.324 e. The van der Waals surface area contributed by atoms with Gasteiger partial charge in [-0.25, -0.2) is 13.3 Å². The molecule has 0 radical (unpaired) electrons. The number of fused-ring (bicyclic) bond motifs is 2. The Hall–Kier alpha value is -2.08. The number of nitrogens with zero attached hydrogens (tertiary/aromatic N) is 2. The number of nitrogen functional groups attached to an aromatic ring is 1. The van der Waals surface area contributed by atoms with E-state index >= 15 is 0 Å². The van der Waals surface area contributed by atoms with E-state index in [0.717, 1.165) is 5.69 Å². The number of sulfone groups is 1. The van der Waals surface area contributed by atoms with Crippen molar-refractivity contribution >= 4 is 21.3 Å². The molecule has 3 rings (SSSR count). The van der Waals surface area contributed by atoms with Crippen LogP contribution in [-0.4, -0.2) is 14.5 Å². The van der Waals surface area contributed by atoms with Gasteiger partial charge in [-0.15, -0.1) is 4.68 Å². The van der Waals surface area contributed by atoms with Gasteiger partial charge in [0.05, 0.1) is 6.04 Å². The minimum absolute atomic E-state index is 0.0719. The van der Waals surface area contributed by atoms with Crippen molar-refractivity contribution < 1.29 is 13.1 Å². The zero-order valence-electron chi connectivity index (χ0n) is 13.8. The Kier molecular flexibility index (Phi) is 3.59. The van der Waals surface area contributed by atoms with Gasteiger partial charge in [0.25, 0.3) is 0 Å². The zero-order valence-corrected chi connectivity index (χ0v) is 14.6. The van der Waals surface area contributed by atoms with Crippen molar-refractivity contribution in [1.29, 1.82) is 0 Å². The number of anilines is 2. The molecule has 6 heteroatoms. The van der Waals surface area contributed by atoms with Gasteiger partial charge in [-0.05, 0) is 38.1 Å². The summed E-state index contributed by atoms with van der Waals surface area (Å²) < 4.78 is 27.5. The SMILES string of the molecule is CC(C)c1ccc2c([n+]1N)N(C(C)C)c1ccccc1S2(=O)=O. The second-order valence-corrected chi connectivity index (χ2v) is 8.29. The lowest BCUT2D eigenvalue weighted by molar-refractivity contribution is -0.637. The predicted octanol–water partition coefficient (Wildman–Crippen LogP) is 2.50. The number of hydrogen-bond acceptors (Lipinski definition) is 4. The molecular formula is C17H22N3O2S+. The van der Waals surface area contributed by atoms with Gasteiger partial charge in [-0.3, -0.25) is 5.84 Å². The van der Waals surface area contributed by atoms with E-state index in [9.17, 15) is 8.42 Å². The number of benzene rings is 1. The smallest absolute Gasteiger partial charge is 0.268 e. The molecule has 0 amide bonds. The molecule has 1 aromatic carbocycles. The van der Waals surface area contributed by atoms with E-state index in [4.69, 9.17) is 5.84 Å². The quantitative estimate of drug-likeness (QED) is 0.678. The van der Waals surface area contributed by atoms with Gasteiger partial charge in [0.1, 0.15) is 16.3 Å². The molecule has 0 saturated carbocycles. The van der Waals surface area contributed by atoms with Gasteiger partial charge < -0.3 is 0 Å². The van der Waals surface area contributed by atoms with Crippen molar-refractivity contribution in [2.75, 3.05) is 10.7 Å². The van der Waals surface area contributed by atoms with Crippen molar-refractivity contribution in [2.45, 2.75) is 49.4 Å². The highest BCUT2D eigenvalue weighted by atomic mass is 32.2. The molecule has 0 fully saturated rings. The third kappa shape index (κ3) is 2.20. The molecule has 0 saturated heterocycles. The minimum Gasteiger partial charge on any atom is -0.268 e. The molecule has 0 bridgehead atoms. The lowest BCUT2D eigenvalue weighted by Gasteiger charge is -2.29. The van der Waals surface area contributed by atoms with Gasteiger partial charge in [0, 0.05) is 5.92 Å². The maximum atomic E-state index is 13.0. The number of hydrogen-bond donors (Lipinski definition) is 1. The van der Waals surface area contributed by atoms with Crippen LogP contribution in [-0.2, 0) is 9.84 Å². The lowest BCUT2D eigenvalue weighted by Crippen LogP contribution is -2.55. The van der Waals surface area contributed by atoms with Crippen molar-refractivity contribution in [3.63, 3.8) is 0 Å². The van der Waals surface area contributed by atoms with Gasteiger partial charge in [0.15, 0.2) is 4.90 Å². The van der Waals surface area contributed by atoms with E-state index in [2.05, 4.69) is 0 Å². The highest BCUT2D eigenvalue weighted by molar-refractivity contribution is 7.92. The number of nitrogens with two attached hydrogens (primary N) is 1. The fourth-order valence-electron chi connectivity index (χ4n) is 3.11. The lowest BCUT2D eigenvalue weighted by atomic mass is 10.1. The van der Waals surface area contributed by atoms with Gasteiger partial charge >= 0.3 is 5.82 Å². The van der Waals surface area contributed by atoms with Crippen LogP contribution in [0.2, 0.25) is 0 Å². The monoisotopic (exact) mass is 332 g/mol. The summed E-state index contributed by atoms with van der Waals surface area (Å²) in [7, 11) is -3.58. The highest BCUT2D eigenvalue weighted by Crippen LogP contribution is 2.43. The summed E-state index contributed by atoms with van der Waals surface area (Å²) in [5.41, 5.74) is 1.57. The Morgan fingerprint density at radius 2 is 1.65 bits per heavy atom. The summed E-state index contributed by atoms with van der Waals surface area (Å²) in [6, 6.07) is 10.6. The summed E-state index contributed by atoms with van der Waals surface area (Å²) in [6.07, 6.45) is 0. The summed E-state index contributed by atoms with van der Waals surface area (Å²) in [5.74, 6) is 7.05. The number of pyridine rings is 1. The Labute approximate surface area is 137 Å². The van der Waals surface area contributed by atoms with Crippen LogP contribution in [0.1, 0.15) is 39.3 Å². The number of aromatic nitrogens is 1. The fraction of sp³-hybridized carbons (Fsp3) is 0.353. The van der Waals surface area contributed by atoms with E-state index in [0.29, 0.717) is 16.4 Å². The Morgan fingerprint density at radius 3 is 2.26 bits per heavy atom. The first-order chi connectivity index (χ1) is 10.8. The van der Waals surface area contributed by atoms with Crippen molar-refractivity contribution in [2.24, 2.45) is 0 Å². The highest BCUT2D eigenvalue weighted by Gasteiger charge is 2.43. The molecule has 0 unspecified atom stereocenters. The second kappa shape index (κ2) is 5.23. The van der Waals surface area contributed by atoms with Crippen LogP contribution >= 0.6 is 0 Å². The maximum absolute atomic E-state index is 13.0. The molecule has 0 spiro atoms. The van der Waals surface area contributed by atoms with Crippen LogP contribution in [0.25, 0.3) is 0 Å². The molecule has 0 aliphatic carbocycles. The van der Waals surface area contributed by atoms with Crippen LogP contribution in [0.15, 0.2) is 46.2 Å². The summed E-state index contributed by atoms with van der Waals surface area (Å²) in [6.45, 7) is 8.13. The van der Waals surface area contributed by atoms with Crippen LogP contribution in [0.5, 0.6) is 0 Å². The summed E-state index contributed by atoms with van der Waals surface area (Å²) >= 11 is 0. The minimum atomic E-state index is -3.58. The normalized spacial score (nSPS) is 15.7. The Bertz CT molecular complexity index is 873. The van der Waals surface area contributed by atoms with E-state index in [1.807, 2.05) is 44.7 Å². The van der Waals surface area contributed by atoms with Crippen molar-refractivity contribution in [3.05, 3.63) is 42.1 Å². The molecule has 23 heavy (non-hydrogen) atoms. The molecule has 5 nitrogen and oxygen atoms in total. The molecule has 122 valence electrons. The Balaban J connectivity index is 2.43. The molecule has 2 heterocycles. The third-order valence-corrected chi connectivity index (χ3v) is 5.99. The first kappa shape index (κ1) is 15.8. The number of para-hydroxylation sites is 1. The van der Waals surface area contributed by atoms with E-state index in [1.165, 1.54) is 4.68 Å². The first-order valence-electron chi connectivity index (χ1n) is 7.74. The van der Waals surface area contributed by atoms with Crippen molar-refractivity contribution in [3.8, 4) is 0 Å². The van der Waals surface area contributed by atoms with E-state index in [-0.39, 0.29) is 16.9 Å². The average molecular weight is 332 g/mol. The molecule has 2 N–H and O–H groups in total. The van der Waals surface area contributed by atoms with Gasteiger partial charge in [-0.1, -0.05) is 26.0 Å². The summed E-state index contributed by atoms with van der Waals surface area (Å²) in [5, 5.41) is 0. The predicted molar refractivity (Wildman–Crippen MR) is 90.0 cm³/mol. The summed E-state index contributed by atoms with van der Waals surface area (Å²) in [4.78, 5) is 2.59. The van der Waals surface area contributed by atoms with E-state index < -0.39 is 9.84 Å². The molecule has 1 aliphatic heterocycles. The van der Waals surface area contributed by atoms with Crippen LogP contribution in [0.3, 0.4) is 0 Å². The molecule has 2 aromatic rings. The van der Waals surface area contributed by atoms with Crippen LogP contribution in [0.4, 0.5) is 11.5 Å². The maximum Gasteiger partial charge on any atom is 0.324 e. The number of rotatable bonds is 2. The van der Waals surface area contributed by atoms with Crippen molar-refractivity contribution in [1.82, 2.24) is 0 Å². The van der Waals surface area contributed by atoms with E-state index in [1.54, 1.807) is 24.3 Å². The van der Waals surface area contributed by atoms with Gasteiger partial charge in [-0.2, -0.15) is 0 Å². The second-order valence-electron chi connectivity index (χ2n) is 6.41. The molecular weight excluding hydrogens is 310 g/mol. The fourth-order valence-corrected chi connectivity index (χ4v) is 4.73. The average Bonchev–Trinajstić information content (AvgIpc) is 2.48. The van der Waals surface area contributed by atoms with Crippen LogP contribution < -0.4 is 15.4 Å². The standard InChI is InChI=1S/C17H22N3O2S/c1-11(2)13-9-10-16-17(20(13)18)19(12(3)4)14-7-5-6-8-15(14)23(16,21)22/h5-12H,18H2,1-4H3/q+1. The molecule has 1 aromatic heterocycles.